The molecule has 0 rings (SSSR count). The second-order valence-electron chi connectivity index (χ2n) is 3.01. The van der Waals surface area contributed by atoms with Crippen molar-refractivity contribution >= 4 is 12.6 Å². The number of hydrogen-bond acceptors (Lipinski definition) is 2. The third-order valence-electron chi connectivity index (χ3n) is 1.49. The molecule has 4 heteroatoms. The van der Waals surface area contributed by atoms with Gasteiger partial charge in [-0.1, -0.05) is 61.8 Å². The van der Waals surface area contributed by atoms with Gasteiger partial charge in [-0.2, -0.15) is 12.6 Å². The molecule has 16 heavy (non-hydrogen) atoms. The number of hydrogen-bond donors (Lipinski definition) is 2. The lowest BCUT2D eigenvalue weighted by Gasteiger charge is -2.05. The molecule has 0 aliphatic carbocycles. The van der Waals surface area contributed by atoms with Crippen LogP contribution in [0.4, 0.5) is 0 Å². The Labute approximate surface area is 111 Å². The van der Waals surface area contributed by atoms with Gasteiger partial charge in [0.05, 0.1) is 0 Å². The minimum absolute atomic E-state index is 0. The lowest BCUT2D eigenvalue weighted by molar-refractivity contribution is 0.505. The highest BCUT2D eigenvalue weighted by atomic mass is 32.1. The van der Waals surface area contributed by atoms with Crippen LogP contribution in [0.3, 0.4) is 0 Å². The van der Waals surface area contributed by atoms with Crippen molar-refractivity contribution in [2.45, 2.75) is 67.1 Å². The topological polar surface area (TPSA) is 89.0 Å². The first kappa shape index (κ1) is 36.0. The summed E-state index contributed by atoms with van der Waals surface area (Å²) in [5.41, 5.74) is 5.39. The first-order valence-corrected chi connectivity index (χ1v) is 5.98. The lowest BCUT2D eigenvalue weighted by atomic mass is 10.0. The molecule has 0 aromatic heterocycles. The maximum Gasteiger partial charge on any atom is 0 e. The zero-order chi connectivity index (χ0) is 11.3. The Hall–Kier alpha value is 0.230. The molecule has 0 fully saturated rings. The standard InChI is InChI=1S/C6H15N.C3H8S.C2H6.CH4.2H2O.H2/c1-3-6(4-2)5-7;1-3(2)4;1-2;;;;/h6H,3-5,7H2,1-2H3;3-4H,1-2H3;1-2H3;1H4;2*1H2;1H. The summed E-state index contributed by atoms with van der Waals surface area (Å²) >= 11 is 3.97. The molecule has 0 aromatic carbocycles. The Morgan fingerprint density at radius 3 is 1.25 bits per heavy atom. The van der Waals surface area contributed by atoms with Crippen LogP contribution >= 0.6 is 12.6 Å². The van der Waals surface area contributed by atoms with Crippen molar-refractivity contribution in [1.82, 2.24) is 0 Å². The third-order valence-corrected chi connectivity index (χ3v) is 1.49. The van der Waals surface area contributed by atoms with E-state index in [2.05, 4.69) is 26.5 Å². The monoisotopic (exact) mass is 261 g/mol. The Morgan fingerprint density at radius 2 is 1.25 bits per heavy atom. The van der Waals surface area contributed by atoms with Gasteiger partial charge in [-0.25, -0.2) is 0 Å². The Bertz CT molecular complexity index is 67.3. The van der Waals surface area contributed by atoms with E-state index in [4.69, 9.17) is 5.73 Å². The average Bonchev–Trinajstić information content (AvgIpc) is 2.10. The smallest absolute Gasteiger partial charge is 0 e. The fourth-order valence-electron chi connectivity index (χ4n) is 0.622. The zero-order valence-corrected chi connectivity index (χ0v) is 12.2. The van der Waals surface area contributed by atoms with Gasteiger partial charge in [0.2, 0.25) is 0 Å². The molecule has 110 valence electrons. The predicted octanol–water partition coefficient (Wildman–Crippen LogP) is 2.96. The molecule has 0 aromatic rings. The van der Waals surface area contributed by atoms with Crippen molar-refractivity contribution in [2.75, 3.05) is 6.54 Å². The van der Waals surface area contributed by atoms with Crippen molar-refractivity contribution < 1.29 is 12.4 Å². The Morgan fingerprint density at radius 1 is 1.06 bits per heavy atom. The van der Waals surface area contributed by atoms with Crippen molar-refractivity contribution in [3.05, 3.63) is 0 Å². The minimum atomic E-state index is 0. The van der Waals surface area contributed by atoms with Crippen molar-refractivity contribution in [1.29, 1.82) is 0 Å². The molecule has 0 atom stereocenters. The molecule has 0 heterocycles. The minimum Gasteiger partial charge on any atom is -0.412 e. The predicted molar refractivity (Wildman–Crippen MR) is 84.7 cm³/mol. The number of thiol groups is 1. The zero-order valence-electron chi connectivity index (χ0n) is 11.3. The van der Waals surface area contributed by atoms with E-state index in [0.717, 1.165) is 12.5 Å². The fourth-order valence-corrected chi connectivity index (χ4v) is 0.622. The molecule has 3 nitrogen and oxygen atoms in total. The van der Waals surface area contributed by atoms with Crippen LogP contribution in [0.2, 0.25) is 0 Å². The van der Waals surface area contributed by atoms with E-state index in [1.165, 1.54) is 12.8 Å². The van der Waals surface area contributed by atoms with E-state index >= 15 is 0 Å². The largest absolute Gasteiger partial charge is 0.412 e. The van der Waals surface area contributed by atoms with Crippen molar-refractivity contribution in [2.24, 2.45) is 11.7 Å². The van der Waals surface area contributed by atoms with Gasteiger partial charge < -0.3 is 16.7 Å². The summed E-state index contributed by atoms with van der Waals surface area (Å²) < 4.78 is 0. The molecule has 0 aliphatic rings. The van der Waals surface area contributed by atoms with Gasteiger partial charge in [0.25, 0.3) is 0 Å². The quantitative estimate of drug-likeness (QED) is 0.751. The van der Waals surface area contributed by atoms with Gasteiger partial charge in [-0.15, -0.1) is 0 Å². The van der Waals surface area contributed by atoms with E-state index in [0.29, 0.717) is 5.25 Å². The highest BCUT2D eigenvalue weighted by Crippen LogP contribution is 2.02. The lowest BCUT2D eigenvalue weighted by Crippen LogP contribution is -2.11. The van der Waals surface area contributed by atoms with Crippen LogP contribution in [0, 0.1) is 5.92 Å². The van der Waals surface area contributed by atoms with Crippen molar-refractivity contribution in [3.8, 4) is 0 Å². The fraction of sp³-hybridized carbons (Fsp3) is 1.00. The van der Waals surface area contributed by atoms with Crippen LogP contribution in [-0.2, 0) is 0 Å². The molecule has 6 N–H and O–H groups in total. The van der Waals surface area contributed by atoms with Gasteiger partial charge in [0, 0.05) is 1.43 Å². The molecule has 0 bridgehead atoms. The SMILES string of the molecule is C.CC.CC(C)S.CCC(CC)CN.O.O.[HH]. The molecule has 0 radical (unpaired) electrons. The second kappa shape index (κ2) is 36.2. The maximum atomic E-state index is 5.39. The Kier molecular flexibility index (Phi) is 81.4. The Balaban J connectivity index is -0.0000000179. The number of rotatable bonds is 3. The molecular formula is C12H39NO2S. The summed E-state index contributed by atoms with van der Waals surface area (Å²) in [7, 11) is 0. The van der Waals surface area contributed by atoms with Crippen LogP contribution in [0.5, 0.6) is 0 Å². The van der Waals surface area contributed by atoms with Gasteiger partial charge in [0.15, 0.2) is 0 Å². The molecular weight excluding hydrogens is 222 g/mol. The summed E-state index contributed by atoms with van der Waals surface area (Å²) in [6, 6.07) is 0. The van der Waals surface area contributed by atoms with Crippen molar-refractivity contribution in [3.63, 3.8) is 0 Å². The normalized spacial score (nSPS) is 7.12. The maximum absolute atomic E-state index is 5.39. The van der Waals surface area contributed by atoms with E-state index in [1.54, 1.807) is 0 Å². The summed E-state index contributed by atoms with van der Waals surface area (Å²) in [6.45, 7) is 13.3. The summed E-state index contributed by atoms with van der Waals surface area (Å²) in [5, 5.41) is 0.528. The van der Waals surface area contributed by atoms with Crippen LogP contribution in [0.15, 0.2) is 0 Å². The highest BCUT2D eigenvalue weighted by Gasteiger charge is 1.96. The first-order chi connectivity index (χ1) is 6.08. The van der Waals surface area contributed by atoms with E-state index < -0.39 is 0 Å². The van der Waals surface area contributed by atoms with E-state index in [-0.39, 0.29) is 19.8 Å². The van der Waals surface area contributed by atoms with Crippen LogP contribution < -0.4 is 5.73 Å². The summed E-state index contributed by atoms with van der Waals surface area (Å²) in [6.07, 6.45) is 2.46. The molecule has 0 aliphatic heterocycles. The molecule has 0 spiro atoms. The molecule has 0 unspecified atom stereocenters. The molecule has 0 amide bonds. The van der Waals surface area contributed by atoms with Crippen LogP contribution in [-0.4, -0.2) is 22.7 Å². The molecule has 0 saturated carbocycles. The average molecular weight is 262 g/mol. The highest BCUT2D eigenvalue weighted by molar-refractivity contribution is 7.80. The van der Waals surface area contributed by atoms with Gasteiger partial charge in [-0.3, -0.25) is 0 Å². The third kappa shape index (κ3) is 64.2. The van der Waals surface area contributed by atoms with Crippen LogP contribution in [0.25, 0.3) is 0 Å². The first-order valence-electron chi connectivity index (χ1n) is 5.46. The van der Waals surface area contributed by atoms with Crippen LogP contribution in [0.1, 0.15) is 63.2 Å². The second-order valence-corrected chi connectivity index (χ2v) is 4.04. The van der Waals surface area contributed by atoms with Gasteiger partial charge >= 0.3 is 0 Å². The van der Waals surface area contributed by atoms with E-state index in [9.17, 15) is 0 Å². The number of nitrogens with two attached hydrogens (primary N) is 1. The van der Waals surface area contributed by atoms with E-state index in [1.807, 2.05) is 27.7 Å². The summed E-state index contributed by atoms with van der Waals surface area (Å²) in [4.78, 5) is 0. The van der Waals surface area contributed by atoms with Gasteiger partial charge in [0.1, 0.15) is 0 Å². The summed E-state index contributed by atoms with van der Waals surface area (Å²) in [5.74, 6) is 0.764. The molecule has 0 saturated heterocycles. The van der Waals surface area contributed by atoms with Gasteiger partial charge in [-0.05, 0) is 17.7 Å².